The van der Waals surface area contributed by atoms with E-state index in [1.54, 1.807) is 30.5 Å². The van der Waals surface area contributed by atoms with Crippen LogP contribution < -0.4 is 4.90 Å². The number of rotatable bonds is 7. The smallest absolute Gasteiger partial charge is 0.349 e. The van der Waals surface area contributed by atoms with E-state index in [0.29, 0.717) is 12.1 Å². The Labute approximate surface area is 162 Å². The minimum Gasteiger partial charge on any atom is -0.451 e. The summed E-state index contributed by atoms with van der Waals surface area (Å²) in [6, 6.07) is 11.1. The van der Waals surface area contributed by atoms with Gasteiger partial charge in [0.1, 0.15) is 11.6 Å². The van der Waals surface area contributed by atoms with Gasteiger partial charge in [0.15, 0.2) is 6.61 Å². The molecule has 1 amide bonds. The van der Waals surface area contributed by atoms with Gasteiger partial charge < -0.3 is 14.5 Å². The number of esters is 1. The van der Waals surface area contributed by atoms with Gasteiger partial charge in [-0.3, -0.25) is 4.79 Å². The van der Waals surface area contributed by atoms with Gasteiger partial charge in [-0.2, -0.15) is 16.6 Å². The second-order valence-electron chi connectivity index (χ2n) is 6.11. The monoisotopic (exact) mass is 383 g/mol. The predicted molar refractivity (Wildman–Crippen MR) is 106 cm³/mol. The van der Waals surface area contributed by atoms with Gasteiger partial charge >= 0.3 is 5.97 Å². The molecule has 6 nitrogen and oxygen atoms in total. The molecule has 1 aromatic heterocycles. The van der Waals surface area contributed by atoms with Crippen LogP contribution in [0.15, 0.2) is 46.7 Å². The summed E-state index contributed by atoms with van der Waals surface area (Å²) >= 11 is 1.55. The van der Waals surface area contributed by atoms with E-state index in [-0.39, 0.29) is 11.5 Å². The Kier molecular flexibility index (Phi) is 7.15. The molecule has 140 valence electrons. The van der Waals surface area contributed by atoms with Crippen LogP contribution in [0.2, 0.25) is 0 Å². The fourth-order valence-corrected chi connectivity index (χ4v) is 2.89. The van der Waals surface area contributed by atoms with Crippen molar-refractivity contribution in [1.82, 2.24) is 4.90 Å². The minimum absolute atomic E-state index is 0.152. The van der Waals surface area contributed by atoms with Crippen molar-refractivity contribution in [2.24, 2.45) is 0 Å². The fraction of sp³-hybridized carbons (Fsp3) is 0.250. The molecule has 0 aliphatic carbocycles. The number of benzene rings is 1. The van der Waals surface area contributed by atoms with Crippen molar-refractivity contribution in [1.29, 1.82) is 5.26 Å². The third-order valence-electron chi connectivity index (χ3n) is 3.81. The van der Waals surface area contributed by atoms with E-state index in [0.717, 1.165) is 11.3 Å². The molecule has 0 fully saturated rings. The molecule has 0 unspecified atom stereocenters. The average Bonchev–Trinajstić information content (AvgIpc) is 3.17. The van der Waals surface area contributed by atoms with Crippen LogP contribution >= 0.6 is 11.3 Å². The summed E-state index contributed by atoms with van der Waals surface area (Å²) in [5, 5.41) is 13.1. The van der Waals surface area contributed by atoms with E-state index in [1.165, 1.54) is 11.0 Å². The second-order valence-corrected chi connectivity index (χ2v) is 6.89. The molecule has 2 rings (SSSR count). The van der Waals surface area contributed by atoms with Crippen LogP contribution in [0, 0.1) is 11.3 Å². The zero-order valence-electron chi connectivity index (χ0n) is 15.5. The van der Waals surface area contributed by atoms with Crippen molar-refractivity contribution < 1.29 is 14.3 Å². The number of nitrogens with zero attached hydrogens (tertiary/aromatic N) is 3. The van der Waals surface area contributed by atoms with Crippen LogP contribution in [0.1, 0.15) is 11.1 Å². The van der Waals surface area contributed by atoms with Gasteiger partial charge in [-0.05, 0) is 46.2 Å². The zero-order valence-corrected chi connectivity index (χ0v) is 16.3. The first-order chi connectivity index (χ1) is 12.9. The molecule has 0 spiro atoms. The number of carbonyl (C=O) groups is 2. The number of anilines is 1. The molecular weight excluding hydrogens is 362 g/mol. The number of amides is 1. The highest BCUT2D eigenvalue weighted by Crippen LogP contribution is 2.15. The van der Waals surface area contributed by atoms with E-state index in [4.69, 9.17) is 4.74 Å². The topological polar surface area (TPSA) is 73.6 Å². The molecule has 0 aliphatic rings. The Bertz CT molecular complexity index is 850. The maximum absolute atomic E-state index is 12.1. The van der Waals surface area contributed by atoms with Crippen molar-refractivity contribution in [2.75, 3.05) is 32.6 Å². The number of thiophene rings is 1. The van der Waals surface area contributed by atoms with Crippen molar-refractivity contribution in [3.8, 4) is 6.07 Å². The second kappa shape index (κ2) is 9.55. The number of nitriles is 1. The molecule has 0 N–H and O–H groups in total. The Balaban J connectivity index is 1.94. The highest BCUT2D eigenvalue weighted by atomic mass is 32.1. The van der Waals surface area contributed by atoms with Gasteiger partial charge in [-0.1, -0.05) is 12.1 Å². The van der Waals surface area contributed by atoms with Crippen LogP contribution in [0.3, 0.4) is 0 Å². The average molecular weight is 383 g/mol. The number of hydrogen-bond donors (Lipinski definition) is 0. The minimum atomic E-state index is -0.813. The number of ether oxygens (including phenoxy) is 1. The lowest BCUT2D eigenvalue weighted by Gasteiger charge is -2.16. The van der Waals surface area contributed by atoms with Gasteiger partial charge in [-0.25, -0.2) is 4.79 Å². The summed E-state index contributed by atoms with van der Waals surface area (Å²) in [7, 11) is 5.49. The summed E-state index contributed by atoms with van der Waals surface area (Å²) in [4.78, 5) is 27.6. The van der Waals surface area contributed by atoms with E-state index in [2.05, 4.69) is 0 Å². The van der Waals surface area contributed by atoms with Crippen molar-refractivity contribution in [3.05, 3.63) is 57.8 Å². The summed E-state index contributed by atoms with van der Waals surface area (Å²) in [6.45, 7) is 0.0388. The number of carbonyl (C=O) groups excluding carboxylic acids is 2. The van der Waals surface area contributed by atoms with Crippen molar-refractivity contribution in [3.63, 3.8) is 0 Å². The summed E-state index contributed by atoms with van der Waals surface area (Å²) in [5.41, 5.74) is 2.57. The first kappa shape index (κ1) is 20.2. The number of hydrogen-bond acceptors (Lipinski definition) is 6. The molecule has 1 heterocycles. The SMILES string of the molecule is CN(Cc1ccsc1)C(=O)COC(=O)/C(C#N)=C/c1ccc(N(C)C)cc1. The molecule has 0 bridgehead atoms. The largest absolute Gasteiger partial charge is 0.451 e. The fourth-order valence-electron chi connectivity index (χ4n) is 2.23. The lowest BCUT2D eigenvalue weighted by atomic mass is 10.1. The van der Waals surface area contributed by atoms with Crippen LogP contribution in [-0.2, 0) is 20.9 Å². The van der Waals surface area contributed by atoms with E-state index in [1.807, 2.05) is 54.0 Å². The van der Waals surface area contributed by atoms with Gasteiger partial charge in [0.2, 0.25) is 0 Å². The van der Waals surface area contributed by atoms with Gasteiger partial charge in [0, 0.05) is 33.4 Å². The van der Waals surface area contributed by atoms with E-state index in [9.17, 15) is 14.9 Å². The molecular formula is C20H21N3O3S. The molecule has 0 radical (unpaired) electrons. The van der Waals surface area contributed by atoms with Crippen LogP contribution in [0.5, 0.6) is 0 Å². The highest BCUT2D eigenvalue weighted by Gasteiger charge is 2.16. The maximum atomic E-state index is 12.1. The zero-order chi connectivity index (χ0) is 19.8. The van der Waals surface area contributed by atoms with Crippen LogP contribution in [0.25, 0.3) is 6.08 Å². The van der Waals surface area contributed by atoms with Crippen molar-refractivity contribution in [2.45, 2.75) is 6.54 Å². The standard InChI is InChI=1S/C20H21N3O3S/c1-22(2)18-6-4-15(5-7-18)10-17(11-21)20(25)26-13-19(24)23(3)12-16-8-9-27-14-16/h4-10,14H,12-13H2,1-3H3/b17-10+. The molecule has 0 atom stereocenters. The molecule has 1 aromatic carbocycles. The van der Waals surface area contributed by atoms with Gasteiger partial charge in [-0.15, -0.1) is 0 Å². The highest BCUT2D eigenvalue weighted by molar-refractivity contribution is 7.07. The molecule has 0 saturated carbocycles. The van der Waals surface area contributed by atoms with Gasteiger partial charge in [0.05, 0.1) is 0 Å². The lowest BCUT2D eigenvalue weighted by Crippen LogP contribution is -2.30. The molecule has 0 saturated heterocycles. The predicted octanol–water partition coefficient (Wildman–Crippen LogP) is 2.92. The Morgan fingerprint density at radius 1 is 1.19 bits per heavy atom. The Morgan fingerprint density at radius 2 is 1.89 bits per heavy atom. The lowest BCUT2D eigenvalue weighted by molar-refractivity contribution is -0.148. The van der Waals surface area contributed by atoms with Gasteiger partial charge in [0.25, 0.3) is 5.91 Å². The van der Waals surface area contributed by atoms with E-state index < -0.39 is 12.6 Å². The summed E-state index contributed by atoms with van der Waals surface area (Å²) < 4.78 is 5.00. The molecule has 0 aliphatic heterocycles. The first-order valence-corrected chi connectivity index (χ1v) is 9.16. The summed E-state index contributed by atoms with van der Waals surface area (Å²) in [6.07, 6.45) is 1.45. The third kappa shape index (κ3) is 5.97. The Morgan fingerprint density at radius 3 is 2.44 bits per heavy atom. The molecule has 2 aromatic rings. The maximum Gasteiger partial charge on any atom is 0.349 e. The molecule has 7 heteroatoms. The number of likely N-dealkylation sites (N-methyl/N-ethyl adjacent to an activating group) is 1. The summed E-state index contributed by atoms with van der Waals surface area (Å²) in [5.74, 6) is -1.14. The van der Waals surface area contributed by atoms with E-state index >= 15 is 0 Å². The van der Waals surface area contributed by atoms with Crippen molar-refractivity contribution >= 4 is 35.0 Å². The third-order valence-corrected chi connectivity index (χ3v) is 4.55. The van der Waals surface area contributed by atoms with Crippen LogP contribution in [0.4, 0.5) is 5.69 Å². The van der Waals surface area contributed by atoms with Crippen LogP contribution in [-0.4, -0.2) is 44.5 Å². The quantitative estimate of drug-likeness (QED) is 0.418. The Hall–Kier alpha value is -3.11. The normalized spacial score (nSPS) is 10.8. The molecule has 27 heavy (non-hydrogen) atoms. The first-order valence-electron chi connectivity index (χ1n) is 8.22.